The van der Waals surface area contributed by atoms with Crippen LogP contribution in [0.5, 0.6) is 5.75 Å². The van der Waals surface area contributed by atoms with E-state index in [0.29, 0.717) is 19.1 Å². The quantitative estimate of drug-likeness (QED) is 0.867. The average molecular weight is 260 g/mol. The fourth-order valence-electron chi connectivity index (χ4n) is 2.86. The fraction of sp³-hybridized carbons (Fsp3) is 0.533. The minimum atomic E-state index is 0.0141. The van der Waals surface area contributed by atoms with Gasteiger partial charge in [0.2, 0.25) is 5.91 Å². The molecule has 1 amide bonds. The van der Waals surface area contributed by atoms with Crippen molar-refractivity contribution >= 4 is 5.91 Å². The molecule has 1 aromatic carbocycles. The minimum absolute atomic E-state index is 0.0141. The Morgan fingerprint density at radius 3 is 3.16 bits per heavy atom. The third-order valence-corrected chi connectivity index (χ3v) is 3.92. The Morgan fingerprint density at radius 1 is 1.42 bits per heavy atom. The monoisotopic (exact) mass is 260 g/mol. The van der Waals surface area contributed by atoms with Crippen molar-refractivity contribution in [3.63, 3.8) is 0 Å². The Morgan fingerprint density at radius 2 is 2.32 bits per heavy atom. The summed E-state index contributed by atoms with van der Waals surface area (Å²) in [6, 6.07) is 8.44. The van der Waals surface area contributed by atoms with E-state index in [1.54, 1.807) is 0 Å². The molecule has 4 heteroatoms. The number of carbonyl (C=O) groups is 1. The maximum atomic E-state index is 12.0. The van der Waals surface area contributed by atoms with Crippen molar-refractivity contribution in [2.45, 2.75) is 37.8 Å². The van der Waals surface area contributed by atoms with Gasteiger partial charge in [0.1, 0.15) is 12.4 Å². The molecule has 0 spiro atoms. The SMILES string of the molecule is O=C(CCC1CCCN1)NC1COc2ccccc21. The highest BCUT2D eigenvalue weighted by atomic mass is 16.5. The highest BCUT2D eigenvalue weighted by molar-refractivity contribution is 5.76. The molecule has 3 rings (SSSR count). The summed E-state index contributed by atoms with van der Waals surface area (Å²) in [5, 5.41) is 6.48. The predicted octanol–water partition coefficient (Wildman–Crippen LogP) is 1.77. The number of benzene rings is 1. The van der Waals surface area contributed by atoms with Crippen LogP contribution in [-0.2, 0) is 4.79 Å². The number of hydrogen-bond acceptors (Lipinski definition) is 3. The van der Waals surface area contributed by atoms with E-state index >= 15 is 0 Å². The molecule has 102 valence electrons. The van der Waals surface area contributed by atoms with Crippen LogP contribution in [-0.4, -0.2) is 25.1 Å². The standard InChI is InChI=1S/C15H20N2O2/c18-15(8-7-11-4-3-9-16-11)17-13-10-19-14-6-2-1-5-12(13)14/h1-2,5-6,11,13,16H,3-4,7-10H2,(H,17,18). The molecule has 2 atom stereocenters. The van der Waals surface area contributed by atoms with E-state index < -0.39 is 0 Å². The number of hydrogen-bond donors (Lipinski definition) is 2. The molecule has 1 fully saturated rings. The molecule has 0 bridgehead atoms. The first-order valence-electron chi connectivity index (χ1n) is 7.07. The lowest BCUT2D eigenvalue weighted by Gasteiger charge is -2.13. The highest BCUT2D eigenvalue weighted by Gasteiger charge is 2.25. The average Bonchev–Trinajstić information content (AvgIpc) is 3.07. The van der Waals surface area contributed by atoms with Gasteiger partial charge in [0, 0.05) is 18.0 Å². The van der Waals surface area contributed by atoms with Gasteiger partial charge in [-0.25, -0.2) is 0 Å². The van der Waals surface area contributed by atoms with Gasteiger partial charge in [-0.05, 0) is 31.9 Å². The molecule has 0 aromatic heterocycles. The lowest BCUT2D eigenvalue weighted by Crippen LogP contribution is -2.31. The van der Waals surface area contributed by atoms with Gasteiger partial charge in [0.15, 0.2) is 0 Å². The highest BCUT2D eigenvalue weighted by Crippen LogP contribution is 2.31. The van der Waals surface area contributed by atoms with Gasteiger partial charge in [0.05, 0.1) is 6.04 Å². The first kappa shape index (κ1) is 12.5. The summed E-state index contributed by atoms with van der Waals surface area (Å²) in [6.07, 6.45) is 3.95. The number of nitrogens with one attached hydrogen (secondary N) is 2. The number of rotatable bonds is 4. The fourth-order valence-corrected chi connectivity index (χ4v) is 2.86. The first-order valence-corrected chi connectivity index (χ1v) is 7.07. The summed E-state index contributed by atoms with van der Waals surface area (Å²) in [7, 11) is 0. The summed E-state index contributed by atoms with van der Waals surface area (Å²) in [5.41, 5.74) is 1.09. The van der Waals surface area contributed by atoms with Crippen LogP contribution in [0.1, 0.15) is 37.3 Å². The smallest absolute Gasteiger partial charge is 0.220 e. The van der Waals surface area contributed by atoms with Gasteiger partial charge in [-0.2, -0.15) is 0 Å². The topological polar surface area (TPSA) is 50.4 Å². The van der Waals surface area contributed by atoms with Crippen LogP contribution in [0.4, 0.5) is 0 Å². The molecule has 2 N–H and O–H groups in total. The molecule has 2 unspecified atom stereocenters. The third-order valence-electron chi connectivity index (χ3n) is 3.92. The zero-order valence-electron chi connectivity index (χ0n) is 11.0. The molecule has 4 nitrogen and oxygen atoms in total. The van der Waals surface area contributed by atoms with Crippen LogP contribution < -0.4 is 15.4 Å². The maximum absolute atomic E-state index is 12.0. The van der Waals surface area contributed by atoms with E-state index in [9.17, 15) is 4.79 Å². The van der Waals surface area contributed by atoms with E-state index in [1.807, 2.05) is 24.3 Å². The third kappa shape index (κ3) is 2.89. The number of carbonyl (C=O) groups excluding carboxylic acids is 1. The molecular formula is C15H20N2O2. The lowest BCUT2D eigenvalue weighted by molar-refractivity contribution is -0.122. The summed E-state index contributed by atoms with van der Waals surface area (Å²) >= 11 is 0. The zero-order chi connectivity index (χ0) is 13.1. The van der Waals surface area contributed by atoms with Gasteiger partial charge in [-0.15, -0.1) is 0 Å². The van der Waals surface area contributed by atoms with Gasteiger partial charge < -0.3 is 15.4 Å². The Bertz CT molecular complexity index is 455. The van der Waals surface area contributed by atoms with E-state index in [-0.39, 0.29) is 11.9 Å². The largest absolute Gasteiger partial charge is 0.491 e. The molecule has 2 heterocycles. The number of ether oxygens (including phenoxy) is 1. The van der Waals surface area contributed by atoms with Crippen LogP contribution in [0.25, 0.3) is 0 Å². The van der Waals surface area contributed by atoms with Crippen LogP contribution in [0.2, 0.25) is 0 Å². The molecule has 0 aliphatic carbocycles. The Balaban J connectivity index is 1.50. The number of fused-ring (bicyclic) bond motifs is 1. The van der Waals surface area contributed by atoms with E-state index in [2.05, 4.69) is 10.6 Å². The van der Waals surface area contributed by atoms with Crippen molar-refractivity contribution in [1.82, 2.24) is 10.6 Å². The van der Waals surface area contributed by atoms with E-state index in [1.165, 1.54) is 12.8 Å². The van der Waals surface area contributed by atoms with Crippen molar-refractivity contribution in [1.29, 1.82) is 0 Å². The molecule has 2 aliphatic rings. The zero-order valence-corrected chi connectivity index (χ0v) is 11.0. The Kier molecular flexibility index (Phi) is 3.69. The normalized spacial score (nSPS) is 24.8. The maximum Gasteiger partial charge on any atom is 0.220 e. The van der Waals surface area contributed by atoms with E-state index in [4.69, 9.17) is 4.74 Å². The predicted molar refractivity (Wildman–Crippen MR) is 73.1 cm³/mol. The van der Waals surface area contributed by atoms with Crippen LogP contribution in [0, 0.1) is 0 Å². The van der Waals surface area contributed by atoms with Gasteiger partial charge in [-0.1, -0.05) is 18.2 Å². The molecule has 2 aliphatic heterocycles. The molecule has 19 heavy (non-hydrogen) atoms. The van der Waals surface area contributed by atoms with Crippen molar-refractivity contribution < 1.29 is 9.53 Å². The molecule has 1 saturated heterocycles. The van der Waals surface area contributed by atoms with Gasteiger partial charge >= 0.3 is 0 Å². The van der Waals surface area contributed by atoms with Gasteiger partial charge in [0.25, 0.3) is 0 Å². The first-order chi connectivity index (χ1) is 9.33. The summed E-state index contributed by atoms with van der Waals surface area (Å²) in [4.78, 5) is 12.0. The summed E-state index contributed by atoms with van der Waals surface area (Å²) in [6.45, 7) is 1.64. The van der Waals surface area contributed by atoms with Crippen molar-refractivity contribution in [3.8, 4) is 5.75 Å². The van der Waals surface area contributed by atoms with E-state index in [0.717, 1.165) is 24.3 Å². The second-order valence-electron chi connectivity index (χ2n) is 5.30. The minimum Gasteiger partial charge on any atom is -0.491 e. The second-order valence-corrected chi connectivity index (χ2v) is 5.30. The molecular weight excluding hydrogens is 240 g/mol. The molecule has 0 saturated carbocycles. The summed E-state index contributed by atoms with van der Waals surface area (Å²) < 4.78 is 5.56. The van der Waals surface area contributed by atoms with Crippen LogP contribution in [0.15, 0.2) is 24.3 Å². The number of amides is 1. The van der Waals surface area contributed by atoms with Gasteiger partial charge in [-0.3, -0.25) is 4.79 Å². The Hall–Kier alpha value is -1.55. The molecule has 0 radical (unpaired) electrons. The second kappa shape index (κ2) is 5.61. The van der Waals surface area contributed by atoms with Crippen LogP contribution in [0.3, 0.4) is 0 Å². The Labute approximate surface area is 113 Å². The van der Waals surface area contributed by atoms with Crippen molar-refractivity contribution in [3.05, 3.63) is 29.8 Å². The van der Waals surface area contributed by atoms with Crippen molar-refractivity contribution in [2.75, 3.05) is 13.2 Å². The van der Waals surface area contributed by atoms with Crippen LogP contribution >= 0.6 is 0 Å². The lowest BCUT2D eigenvalue weighted by atomic mass is 10.1. The number of para-hydroxylation sites is 1. The summed E-state index contributed by atoms with van der Waals surface area (Å²) in [5.74, 6) is 1.02. The van der Waals surface area contributed by atoms with Crippen molar-refractivity contribution in [2.24, 2.45) is 0 Å². The molecule has 1 aromatic rings.